The Kier molecular flexibility index (Phi) is 7.91. The van der Waals surface area contributed by atoms with Crippen LogP contribution in [0, 0.1) is 11.8 Å². The van der Waals surface area contributed by atoms with Gasteiger partial charge in [-0.05, 0) is 61.9 Å². The van der Waals surface area contributed by atoms with Gasteiger partial charge in [0.2, 0.25) is 17.6 Å². The van der Waals surface area contributed by atoms with Crippen LogP contribution in [0.25, 0.3) is 11.0 Å². The van der Waals surface area contributed by atoms with Crippen LogP contribution in [0.15, 0.2) is 40.9 Å². The molecule has 190 valence electrons. The summed E-state index contributed by atoms with van der Waals surface area (Å²) >= 11 is 5.88. The van der Waals surface area contributed by atoms with Crippen LogP contribution >= 0.6 is 11.6 Å². The third-order valence-corrected chi connectivity index (χ3v) is 6.69. The molecule has 2 heterocycles. The van der Waals surface area contributed by atoms with Crippen molar-refractivity contribution < 1.29 is 23.9 Å². The number of benzene rings is 1. The van der Waals surface area contributed by atoms with E-state index < -0.39 is 5.91 Å². The monoisotopic (exact) mass is 512 g/mol. The van der Waals surface area contributed by atoms with E-state index in [9.17, 15) is 19.5 Å². The zero-order chi connectivity index (χ0) is 25.8. The smallest absolute Gasteiger partial charge is 0.294 e. The summed E-state index contributed by atoms with van der Waals surface area (Å²) < 4.78 is 5.86. The predicted octanol–water partition coefficient (Wildman–Crippen LogP) is 4.10. The number of aliphatic hydroxyl groups excluding tert-OH is 1. The van der Waals surface area contributed by atoms with Crippen molar-refractivity contribution in [2.24, 2.45) is 11.8 Å². The van der Waals surface area contributed by atoms with Gasteiger partial charge in [-0.25, -0.2) is 4.98 Å². The van der Waals surface area contributed by atoms with E-state index in [0.29, 0.717) is 48.1 Å². The summed E-state index contributed by atoms with van der Waals surface area (Å²) in [4.78, 5) is 44.3. The molecule has 0 atom stereocenters. The Hall–Kier alpha value is -3.43. The summed E-state index contributed by atoms with van der Waals surface area (Å²) in [5.74, 6) is -0.829. The summed E-state index contributed by atoms with van der Waals surface area (Å²) in [6, 6.07) is 8.48. The van der Waals surface area contributed by atoms with Crippen LogP contribution in [0.1, 0.15) is 41.8 Å². The minimum absolute atomic E-state index is 0.0322. The lowest BCUT2D eigenvalue weighted by Gasteiger charge is -2.28. The van der Waals surface area contributed by atoms with Gasteiger partial charge in [0.05, 0.1) is 5.02 Å². The molecule has 4 rings (SSSR count). The van der Waals surface area contributed by atoms with Crippen LogP contribution in [0.2, 0.25) is 5.02 Å². The van der Waals surface area contributed by atoms with Crippen molar-refractivity contribution in [2.45, 2.75) is 32.1 Å². The SMILES string of the molecule is CN(C)C(=O)C1CCC(C(=O)Nc2c(C(=O)Nc3ccc(Cl)cn3)oc3ccc(CCO)cc23)CC1. The molecule has 3 N–H and O–H groups in total. The van der Waals surface area contributed by atoms with Crippen LogP contribution in [0.5, 0.6) is 0 Å². The van der Waals surface area contributed by atoms with Gasteiger partial charge in [0, 0.05) is 44.1 Å². The second-order valence-corrected chi connectivity index (χ2v) is 9.63. The first-order valence-corrected chi connectivity index (χ1v) is 12.3. The van der Waals surface area contributed by atoms with E-state index in [0.717, 1.165) is 5.56 Å². The molecular weight excluding hydrogens is 484 g/mol. The van der Waals surface area contributed by atoms with Crippen molar-refractivity contribution in [3.63, 3.8) is 0 Å². The normalized spacial score (nSPS) is 17.6. The molecule has 3 aromatic rings. The van der Waals surface area contributed by atoms with Crippen LogP contribution in [0.4, 0.5) is 11.5 Å². The number of rotatable bonds is 7. The number of nitrogens with zero attached hydrogens (tertiary/aromatic N) is 2. The summed E-state index contributed by atoms with van der Waals surface area (Å²) in [6.45, 7) is -0.0322. The highest BCUT2D eigenvalue weighted by Crippen LogP contribution is 2.35. The Bertz CT molecular complexity index is 1260. The van der Waals surface area contributed by atoms with Crippen LogP contribution in [-0.4, -0.2) is 53.4 Å². The number of aromatic nitrogens is 1. The van der Waals surface area contributed by atoms with Gasteiger partial charge < -0.3 is 25.1 Å². The zero-order valence-electron chi connectivity index (χ0n) is 20.2. The minimum atomic E-state index is -0.569. The van der Waals surface area contributed by atoms with Gasteiger partial charge in [0.1, 0.15) is 17.1 Å². The quantitative estimate of drug-likeness (QED) is 0.437. The van der Waals surface area contributed by atoms with E-state index in [1.54, 1.807) is 49.3 Å². The molecule has 2 aromatic heterocycles. The van der Waals surface area contributed by atoms with E-state index in [2.05, 4.69) is 15.6 Å². The second kappa shape index (κ2) is 11.1. The van der Waals surface area contributed by atoms with Gasteiger partial charge in [-0.3, -0.25) is 14.4 Å². The topological polar surface area (TPSA) is 125 Å². The second-order valence-electron chi connectivity index (χ2n) is 9.20. The molecule has 0 radical (unpaired) electrons. The predicted molar refractivity (Wildman–Crippen MR) is 137 cm³/mol. The number of carbonyl (C=O) groups excluding carboxylic acids is 3. The summed E-state index contributed by atoms with van der Waals surface area (Å²) in [7, 11) is 3.48. The number of aliphatic hydroxyl groups is 1. The number of furan rings is 1. The number of hydrogen-bond donors (Lipinski definition) is 3. The first kappa shape index (κ1) is 25.7. The Morgan fingerprint density at radius 3 is 2.44 bits per heavy atom. The van der Waals surface area contributed by atoms with Crippen LogP contribution in [0.3, 0.4) is 0 Å². The fourth-order valence-electron chi connectivity index (χ4n) is 4.53. The van der Waals surface area contributed by atoms with E-state index in [4.69, 9.17) is 16.0 Å². The highest BCUT2D eigenvalue weighted by molar-refractivity contribution is 6.30. The first-order chi connectivity index (χ1) is 17.3. The van der Waals surface area contributed by atoms with E-state index >= 15 is 0 Å². The lowest BCUT2D eigenvalue weighted by Crippen LogP contribution is -2.35. The van der Waals surface area contributed by atoms with E-state index in [1.807, 2.05) is 0 Å². The lowest BCUT2D eigenvalue weighted by atomic mass is 9.81. The van der Waals surface area contributed by atoms with Gasteiger partial charge in [0.15, 0.2) is 0 Å². The Morgan fingerprint density at radius 1 is 1.08 bits per heavy atom. The van der Waals surface area contributed by atoms with Gasteiger partial charge in [-0.1, -0.05) is 17.7 Å². The number of anilines is 2. The summed E-state index contributed by atoms with van der Waals surface area (Å²) in [5.41, 5.74) is 1.55. The van der Waals surface area contributed by atoms with Crippen molar-refractivity contribution in [3.05, 3.63) is 52.9 Å². The van der Waals surface area contributed by atoms with Crippen molar-refractivity contribution >= 4 is 51.8 Å². The summed E-state index contributed by atoms with van der Waals surface area (Å²) in [5, 5.41) is 15.9. The maximum atomic E-state index is 13.3. The number of carbonyl (C=O) groups is 3. The molecule has 0 saturated heterocycles. The minimum Gasteiger partial charge on any atom is -0.449 e. The average molecular weight is 513 g/mol. The molecule has 9 nitrogen and oxygen atoms in total. The molecule has 0 spiro atoms. The number of fused-ring (bicyclic) bond motifs is 1. The maximum Gasteiger partial charge on any atom is 0.294 e. The van der Waals surface area contributed by atoms with Gasteiger partial charge in [0.25, 0.3) is 5.91 Å². The molecule has 3 amide bonds. The third-order valence-electron chi connectivity index (χ3n) is 6.46. The van der Waals surface area contributed by atoms with Crippen molar-refractivity contribution in [1.82, 2.24) is 9.88 Å². The van der Waals surface area contributed by atoms with E-state index in [-0.39, 0.29) is 47.5 Å². The fraction of sp³-hybridized carbons (Fsp3) is 0.385. The number of nitrogens with one attached hydrogen (secondary N) is 2. The lowest BCUT2D eigenvalue weighted by molar-refractivity contribution is -0.135. The van der Waals surface area contributed by atoms with Crippen molar-refractivity contribution in [2.75, 3.05) is 31.3 Å². The van der Waals surface area contributed by atoms with Crippen molar-refractivity contribution in [1.29, 1.82) is 0 Å². The maximum absolute atomic E-state index is 13.3. The molecule has 1 aliphatic rings. The molecular formula is C26H29ClN4O5. The standard InChI is InChI=1S/C26H29ClN4O5/c1-31(2)26(35)17-6-4-16(5-7-17)24(33)30-22-19-13-15(11-12-32)3-9-20(19)36-23(22)25(34)29-21-10-8-18(27)14-28-21/h3,8-10,13-14,16-17,32H,4-7,11-12H2,1-2H3,(H,30,33)(H,28,29,34). The molecule has 1 aromatic carbocycles. The number of pyridine rings is 1. The van der Waals surface area contributed by atoms with Gasteiger partial charge >= 0.3 is 0 Å². The molecule has 10 heteroatoms. The van der Waals surface area contributed by atoms with Gasteiger partial charge in [-0.15, -0.1) is 0 Å². The molecule has 1 aliphatic carbocycles. The molecule has 1 fully saturated rings. The zero-order valence-corrected chi connectivity index (χ0v) is 21.0. The Labute approximate surface area is 213 Å². The molecule has 36 heavy (non-hydrogen) atoms. The Morgan fingerprint density at radius 2 is 1.81 bits per heavy atom. The molecule has 0 aliphatic heterocycles. The largest absolute Gasteiger partial charge is 0.449 e. The number of hydrogen-bond acceptors (Lipinski definition) is 6. The Balaban J connectivity index is 1.59. The van der Waals surface area contributed by atoms with Crippen LogP contribution in [-0.2, 0) is 16.0 Å². The number of halogens is 1. The third kappa shape index (κ3) is 5.68. The highest BCUT2D eigenvalue weighted by Gasteiger charge is 2.32. The van der Waals surface area contributed by atoms with Gasteiger partial charge in [-0.2, -0.15) is 0 Å². The van der Waals surface area contributed by atoms with Crippen molar-refractivity contribution in [3.8, 4) is 0 Å². The molecule has 0 bridgehead atoms. The van der Waals surface area contributed by atoms with Crippen LogP contribution < -0.4 is 10.6 Å². The highest BCUT2D eigenvalue weighted by atomic mass is 35.5. The summed E-state index contributed by atoms with van der Waals surface area (Å²) in [6.07, 6.45) is 4.27. The van der Waals surface area contributed by atoms with E-state index in [1.165, 1.54) is 6.20 Å². The first-order valence-electron chi connectivity index (χ1n) is 11.9. The number of amides is 3. The molecule has 1 saturated carbocycles. The average Bonchev–Trinajstić information content (AvgIpc) is 3.23. The molecule has 0 unspecified atom stereocenters. The fourth-order valence-corrected chi connectivity index (χ4v) is 4.64.